The summed E-state index contributed by atoms with van der Waals surface area (Å²) in [7, 11) is 0. The number of hydrogen-bond acceptors (Lipinski definition) is 3. The molecule has 3 rings (SSSR count). The van der Waals surface area contributed by atoms with Crippen molar-refractivity contribution in [3.63, 3.8) is 0 Å². The molecule has 18 heavy (non-hydrogen) atoms. The average Bonchev–Trinajstić information content (AvgIpc) is 2.98. The summed E-state index contributed by atoms with van der Waals surface area (Å²) in [5.74, 6) is 1.94. The minimum Gasteiger partial charge on any atom is -0.462 e. The van der Waals surface area contributed by atoms with Crippen LogP contribution in [0.25, 0.3) is 0 Å². The monoisotopic (exact) mass is 265 g/mol. The normalized spacial score (nSPS) is 15.2. The van der Waals surface area contributed by atoms with Gasteiger partial charge in [-0.1, -0.05) is 11.6 Å². The van der Waals surface area contributed by atoms with Gasteiger partial charge in [-0.2, -0.15) is 5.10 Å². The van der Waals surface area contributed by atoms with Crippen molar-refractivity contribution in [2.75, 3.05) is 0 Å². The Balaban J connectivity index is 1.66. The highest BCUT2D eigenvalue weighted by Gasteiger charge is 2.21. The van der Waals surface area contributed by atoms with Crippen LogP contribution in [0.1, 0.15) is 29.9 Å². The van der Waals surface area contributed by atoms with Crippen LogP contribution in [-0.4, -0.2) is 15.8 Å². The minimum atomic E-state index is 0.622. The van der Waals surface area contributed by atoms with E-state index in [2.05, 4.69) is 23.4 Å². The molecule has 2 heterocycles. The van der Waals surface area contributed by atoms with Crippen LogP contribution in [0.15, 0.2) is 22.9 Å². The zero-order valence-electron chi connectivity index (χ0n) is 10.3. The lowest BCUT2D eigenvalue weighted by Gasteiger charge is -2.00. The molecule has 1 saturated carbocycles. The van der Waals surface area contributed by atoms with Gasteiger partial charge in [0.05, 0.1) is 24.3 Å². The Morgan fingerprint density at radius 1 is 1.56 bits per heavy atom. The van der Waals surface area contributed by atoms with Crippen molar-refractivity contribution < 1.29 is 4.42 Å². The van der Waals surface area contributed by atoms with E-state index in [1.807, 2.05) is 0 Å². The highest BCUT2D eigenvalue weighted by molar-refractivity contribution is 6.30. The third-order valence-corrected chi connectivity index (χ3v) is 3.32. The largest absolute Gasteiger partial charge is 0.462 e. The summed E-state index contributed by atoms with van der Waals surface area (Å²) in [6.45, 7) is 3.51. The van der Waals surface area contributed by atoms with Crippen LogP contribution in [0.5, 0.6) is 0 Å². The van der Waals surface area contributed by atoms with Crippen molar-refractivity contribution in [3.05, 3.63) is 40.6 Å². The number of nitrogens with zero attached hydrogens (tertiary/aromatic N) is 2. The molecule has 0 saturated heterocycles. The first-order valence-corrected chi connectivity index (χ1v) is 6.58. The van der Waals surface area contributed by atoms with Gasteiger partial charge in [0.15, 0.2) is 0 Å². The van der Waals surface area contributed by atoms with Crippen LogP contribution in [0.3, 0.4) is 0 Å². The van der Waals surface area contributed by atoms with Crippen molar-refractivity contribution in [1.82, 2.24) is 15.1 Å². The molecule has 0 aromatic carbocycles. The van der Waals surface area contributed by atoms with Crippen molar-refractivity contribution >= 4 is 11.6 Å². The summed E-state index contributed by atoms with van der Waals surface area (Å²) in [6, 6.07) is 2.77. The van der Waals surface area contributed by atoms with E-state index in [0.29, 0.717) is 17.6 Å². The molecule has 1 N–H and O–H groups in total. The van der Waals surface area contributed by atoms with E-state index in [9.17, 15) is 0 Å². The fourth-order valence-corrected chi connectivity index (χ4v) is 2.11. The van der Waals surface area contributed by atoms with Gasteiger partial charge in [-0.05, 0) is 31.4 Å². The van der Waals surface area contributed by atoms with Gasteiger partial charge in [0.2, 0.25) is 0 Å². The second-order valence-electron chi connectivity index (χ2n) is 4.83. The molecule has 0 amide bonds. The number of aromatic nitrogens is 2. The number of hydrogen-bond donors (Lipinski definition) is 1. The molecule has 2 aromatic rings. The van der Waals surface area contributed by atoms with E-state index in [1.54, 1.807) is 17.1 Å². The van der Waals surface area contributed by atoms with Gasteiger partial charge in [0, 0.05) is 12.2 Å². The molecule has 0 aliphatic heterocycles. The molecule has 1 aliphatic rings. The molecule has 0 radical (unpaired) electrons. The Morgan fingerprint density at radius 3 is 3.06 bits per heavy atom. The molecule has 0 unspecified atom stereocenters. The van der Waals surface area contributed by atoms with E-state index < -0.39 is 0 Å². The summed E-state index contributed by atoms with van der Waals surface area (Å²) in [4.78, 5) is 0. The van der Waals surface area contributed by atoms with Crippen molar-refractivity contribution in [1.29, 1.82) is 0 Å². The fourth-order valence-electron chi connectivity index (χ4n) is 1.95. The van der Waals surface area contributed by atoms with E-state index in [1.165, 1.54) is 18.4 Å². The van der Waals surface area contributed by atoms with Crippen molar-refractivity contribution in [2.45, 2.75) is 38.9 Å². The maximum atomic E-state index is 5.84. The minimum absolute atomic E-state index is 0.622. The van der Waals surface area contributed by atoms with E-state index in [-0.39, 0.29) is 0 Å². The summed E-state index contributed by atoms with van der Waals surface area (Å²) in [5, 5.41) is 8.25. The fraction of sp³-hybridized carbons (Fsp3) is 0.462. The number of halogens is 1. The summed E-state index contributed by atoms with van der Waals surface area (Å²) in [5.41, 5.74) is 1.19. The van der Waals surface area contributed by atoms with Crippen LogP contribution in [0.2, 0.25) is 5.02 Å². The van der Waals surface area contributed by atoms with E-state index in [0.717, 1.165) is 18.1 Å². The molecule has 5 heteroatoms. The highest BCUT2D eigenvalue weighted by atomic mass is 35.5. The third kappa shape index (κ3) is 2.76. The highest BCUT2D eigenvalue weighted by Crippen LogP contribution is 2.21. The Hall–Kier alpha value is -1.26. The lowest BCUT2D eigenvalue weighted by molar-refractivity contribution is 0.428. The topological polar surface area (TPSA) is 43.0 Å². The van der Waals surface area contributed by atoms with Gasteiger partial charge in [-0.25, -0.2) is 0 Å². The molecule has 96 valence electrons. The Kier molecular flexibility index (Phi) is 3.14. The lowest BCUT2D eigenvalue weighted by atomic mass is 10.2. The number of aryl methyl sites for hydroxylation is 1. The van der Waals surface area contributed by atoms with Crippen LogP contribution in [0.4, 0.5) is 0 Å². The Labute approximate surface area is 111 Å². The number of rotatable bonds is 5. The van der Waals surface area contributed by atoms with Crippen LogP contribution in [0, 0.1) is 6.92 Å². The second-order valence-corrected chi connectivity index (χ2v) is 5.27. The molecule has 1 aliphatic carbocycles. The number of nitrogens with one attached hydrogen (secondary N) is 1. The van der Waals surface area contributed by atoms with Crippen LogP contribution >= 0.6 is 11.6 Å². The molecule has 0 bridgehead atoms. The predicted octanol–water partition coefficient (Wildman–Crippen LogP) is 2.74. The maximum absolute atomic E-state index is 5.84. The third-order valence-electron chi connectivity index (χ3n) is 3.12. The molecule has 0 atom stereocenters. The van der Waals surface area contributed by atoms with E-state index >= 15 is 0 Å². The SMILES string of the molecule is Cc1cc(Cn2cc(Cl)cn2)oc1CNC1CC1. The summed E-state index contributed by atoms with van der Waals surface area (Å²) < 4.78 is 7.62. The second kappa shape index (κ2) is 4.78. The number of furan rings is 1. The maximum Gasteiger partial charge on any atom is 0.126 e. The first kappa shape index (κ1) is 11.8. The zero-order chi connectivity index (χ0) is 12.5. The van der Waals surface area contributed by atoms with Gasteiger partial charge in [-0.3, -0.25) is 4.68 Å². The van der Waals surface area contributed by atoms with Gasteiger partial charge in [0.1, 0.15) is 11.5 Å². The zero-order valence-corrected chi connectivity index (χ0v) is 11.1. The van der Waals surface area contributed by atoms with Crippen molar-refractivity contribution in [3.8, 4) is 0 Å². The van der Waals surface area contributed by atoms with E-state index in [4.69, 9.17) is 16.0 Å². The molecular formula is C13H16ClN3O. The van der Waals surface area contributed by atoms with Gasteiger partial charge in [0.25, 0.3) is 0 Å². The molecule has 4 nitrogen and oxygen atoms in total. The van der Waals surface area contributed by atoms with Crippen LogP contribution < -0.4 is 5.32 Å². The molecule has 0 spiro atoms. The molecule has 1 fully saturated rings. The Morgan fingerprint density at radius 2 is 2.39 bits per heavy atom. The lowest BCUT2D eigenvalue weighted by Crippen LogP contribution is -2.15. The first-order valence-electron chi connectivity index (χ1n) is 6.20. The molecular weight excluding hydrogens is 250 g/mol. The smallest absolute Gasteiger partial charge is 0.126 e. The summed E-state index contributed by atoms with van der Waals surface area (Å²) >= 11 is 5.83. The van der Waals surface area contributed by atoms with Gasteiger partial charge >= 0.3 is 0 Å². The van der Waals surface area contributed by atoms with Crippen molar-refractivity contribution in [2.24, 2.45) is 0 Å². The van der Waals surface area contributed by atoms with Crippen LogP contribution in [-0.2, 0) is 13.1 Å². The first-order chi connectivity index (χ1) is 8.70. The summed E-state index contributed by atoms with van der Waals surface area (Å²) in [6.07, 6.45) is 6.01. The quantitative estimate of drug-likeness (QED) is 0.904. The standard InChI is InChI=1S/C13H16ClN3O/c1-9-4-12(8-17-7-10(14)5-16-17)18-13(9)6-15-11-2-3-11/h4-5,7,11,15H,2-3,6,8H2,1H3. The van der Waals surface area contributed by atoms with Gasteiger partial charge < -0.3 is 9.73 Å². The Bertz CT molecular complexity index is 542. The molecule has 2 aromatic heterocycles. The average molecular weight is 266 g/mol. The predicted molar refractivity (Wildman–Crippen MR) is 69.6 cm³/mol. The van der Waals surface area contributed by atoms with Gasteiger partial charge in [-0.15, -0.1) is 0 Å².